The van der Waals surface area contributed by atoms with Gasteiger partial charge in [-0.1, -0.05) is 12.1 Å². The molecular weight excluding hydrogens is 428 g/mol. The number of nitrogens with one attached hydrogen (secondary N) is 1. The lowest BCUT2D eigenvalue weighted by Crippen LogP contribution is -2.51. The van der Waals surface area contributed by atoms with Crippen molar-refractivity contribution in [1.29, 1.82) is 0 Å². The fourth-order valence-corrected chi connectivity index (χ4v) is 4.31. The van der Waals surface area contributed by atoms with E-state index in [2.05, 4.69) is 5.32 Å². The number of carbonyl (C=O) groups is 3. The molecule has 5 nitrogen and oxygen atoms in total. The van der Waals surface area contributed by atoms with Crippen molar-refractivity contribution in [1.82, 2.24) is 10.2 Å². The summed E-state index contributed by atoms with van der Waals surface area (Å²) >= 11 is 0. The molecule has 1 heterocycles. The molecule has 32 heavy (non-hydrogen) atoms. The van der Waals surface area contributed by atoms with Crippen LogP contribution in [0.4, 0.5) is 22.4 Å². The summed E-state index contributed by atoms with van der Waals surface area (Å²) in [7, 11) is 0. The lowest BCUT2D eigenvalue weighted by Gasteiger charge is -2.34. The molecule has 0 aromatic heterocycles. The summed E-state index contributed by atoms with van der Waals surface area (Å²) in [6.45, 7) is 1.13. The molecule has 1 saturated carbocycles. The molecule has 2 aliphatic rings. The van der Waals surface area contributed by atoms with Gasteiger partial charge in [-0.3, -0.25) is 14.5 Å². The molecule has 2 aromatic rings. The summed E-state index contributed by atoms with van der Waals surface area (Å²) < 4.78 is 54.1. The van der Waals surface area contributed by atoms with Gasteiger partial charge in [0.15, 0.2) is 5.78 Å². The average molecular weight is 448 g/mol. The Kier molecular flexibility index (Phi) is 5.30. The minimum atomic E-state index is -2.87. The van der Waals surface area contributed by atoms with Crippen LogP contribution in [0.3, 0.4) is 0 Å². The number of ketones is 1. The summed E-state index contributed by atoms with van der Waals surface area (Å²) in [5, 5.41) is 2.50. The highest BCUT2D eigenvalue weighted by molar-refractivity contribution is 6.11. The molecule has 2 aromatic carbocycles. The first-order valence-corrected chi connectivity index (χ1v) is 10.1. The van der Waals surface area contributed by atoms with Crippen LogP contribution in [-0.4, -0.2) is 40.6 Å². The monoisotopic (exact) mass is 448 g/mol. The number of imide groups is 1. The normalized spacial score (nSPS) is 19.3. The van der Waals surface area contributed by atoms with Gasteiger partial charge >= 0.3 is 6.03 Å². The number of halogens is 4. The van der Waals surface area contributed by atoms with Gasteiger partial charge in [-0.15, -0.1) is 0 Å². The zero-order valence-corrected chi connectivity index (χ0v) is 17.2. The maximum atomic E-state index is 13.5. The van der Waals surface area contributed by atoms with E-state index in [1.165, 1.54) is 30.3 Å². The van der Waals surface area contributed by atoms with Gasteiger partial charge in [0, 0.05) is 24.5 Å². The van der Waals surface area contributed by atoms with E-state index < -0.39 is 60.2 Å². The van der Waals surface area contributed by atoms with Crippen molar-refractivity contribution in [2.24, 2.45) is 0 Å². The number of benzene rings is 2. The van der Waals surface area contributed by atoms with Crippen molar-refractivity contribution in [3.8, 4) is 11.1 Å². The predicted octanol–water partition coefficient (Wildman–Crippen LogP) is 4.62. The molecular formula is C23H20F4N2O3. The third-order valence-corrected chi connectivity index (χ3v) is 6.10. The van der Waals surface area contributed by atoms with Crippen molar-refractivity contribution in [3.05, 3.63) is 59.2 Å². The number of nitrogens with zero attached hydrogens (tertiary/aromatic N) is 1. The second-order valence-corrected chi connectivity index (χ2v) is 8.37. The quantitative estimate of drug-likeness (QED) is 0.422. The van der Waals surface area contributed by atoms with E-state index >= 15 is 0 Å². The Morgan fingerprint density at radius 3 is 2.22 bits per heavy atom. The SMILES string of the molecule is Cc1cc(C(=O)CN2C(=O)NC3(CCC(F)(F)CC3)C2=O)ccc1-c1cc(F)cc(F)c1. The van der Waals surface area contributed by atoms with Gasteiger partial charge in [0.05, 0.1) is 6.54 Å². The minimum absolute atomic E-state index is 0.187. The van der Waals surface area contributed by atoms with Crippen LogP contribution in [0.5, 0.6) is 0 Å². The number of hydrogen-bond donors (Lipinski definition) is 1. The number of aryl methyl sites for hydroxylation is 1. The van der Waals surface area contributed by atoms with Gasteiger partial charge in [0.2, 0.25) is 5.92 Å². The Bertz CT molecular complexity index is 1100. The van der Waals surface area contributed by atoms with Gasteiger partial charge in [-0.25, -0.2) is 22.4 Å². The Morgan fingerprint density at radius 1 is 1.00 bits per heavy atom. The fourth-order valence-electron chi connectivity index (χ4n) is 4.31. The molecule has 4 rings (SSSR count). The minimum Gasteiger partial charge on any atom is -0.323 e. The van der Waals surface area contributed by atoms with Crippen molar-refractivity contribution in [3.63, 3.8) is 0 Å². The van der Waals surface area contributed by atoms with Gasteiger partial charge < -0.3 is 5.32 Å². The zero-order chi connectivity index (χ0) is 23.3. The molecule has 1 aliphatic heterocycles. The number of amides is 3. The van der Waals surface area contributed by atoms with E-state index in [9.17, 15) is 31.9 Å². The zero-order valence-electron chi connectivity index (χ0n) is 17.2. The summed E-state index contributed by atoms with van der Waals surface area (Å²) in [5.41, 5.74) is 0.227. The highest BCUT2D eigenvalue weighted by Crippen LogP contribution is 2.41. The van der Waals surface area contributed by atoms with Crippen molar-refractivity contribution >= 4 is 17.7 Å². The van der Waals surface area contributed by atoms with Crippen LogP contribution in [0.15, 0.2) is 36.4 Å². The maximum absolute atomic E-state index is 13.5. The molecule has 0 atom stereocenters. The van der Waals surface area contributed by atoms with E-state index in [1.54, 1.807) is 6.92 Å². The maximum Gasteiger partial charge on any atom is 0.325 e. The largest absolute Gasteiger partial charge is 0.325 e. The fraction of sp³-hybridized carbons (Fsp3) is 0.348. The Hall–Kier alpha value is -3.23. The standard InChI is InChI=1S/C23H20F4N2O3/c1-13-8-14(2-3-18(13)15-9-16(24)11-17(25)10-15)19(30)12-29-20(31)22(28-21(29)32)4-6-23(26,27)7-5-22/h2-3,8-11H,4-7,12H2,1H3,(H,28,32). The first kappa shape index (κ1) is 22.0. The molecule has 1 N–H and O–H groups in total. The first-order valence-electron chi connectivity index (χ1n) is 10.1. The van der Waals surface area contributed by atoms with E-state index in [0.29, 0.717) is 16.7 Å². The highest BCUT2D eigenvalue weighted by Gasteiger charge is 2.55. The van der Waals surface area contributed by atoms with E-state index in [1.807, 2.05) is 0 Å². The molecule has 3 amide bonds. The Labute approximate surface area is 181 Å². The first-order chi connectivity index (χ1) is 15.0. The van der Waals surface area contributed by atoms with E-state index in [-0.39, 0.29) is 18.4 Å². The van der Waals surface area contributed by atoms with Crippen molar-refractivity contribution < 1.29 is 31.9 Å². The van der Waals surface area contributed by atoms with Gasteiger partial charge in [-0.2, -0.15) is 0 Å². The third kappa shape index (κ3) is 3.99. The van der Waals surface area contributed by atoms with Gasteiger partial charge in [0.25, 0.3) is 5.91 Å². The molecule has 1 aliphatic carbocycles. The lowest BCUT2D eigenvalue weighted by atomic mass is 9.80. The summed E-state index contributed by atoms with van der Waals surface area (Å²) in [6.07, 6.45) is -1.40. The molecule has 1 spiro atoms. The second kappa shape index (κ2) is 7.72. The van der Waals surface area contributed by atoms with Crippen LogP contribution in [0.1, 0.15) is 41.6 Å². The molecule has 2 fully saturated rings. The van der Waals surface area contributed by atoms with E-state index in [0.717, 1.165) is 11.0 Å². The summed E-state index contributed by atoms with van der Waals surface area (Å²) in [5.74, 6) is -5.52. The molecule has 0 unspecified atom stereocenters. The van der Waals surface area contributed by atoms with Crippen LogP contribution >= 0.6 is 0 Å². The second-order valence-electron chi connectivity index (χ2n) is 8.37. The van der Waals surface area contributed by atoms with Crippen LogP contribution in [0, 0.1) is 18.6 Å². The third-order valence-electron chi connectivity index (χ3n) is 6.10. The average Bonchev–Trinajstić information content (AvgIpc) is 2.94. The van der Waals surface area contributed by atoms with Crippen LogP contribution in [0.25, 0.3) is 11.1 Å². The molecule has 0 radical (unpaired) electrons. The number of Topliss-reactive ketones (excluding diaryl/α,β-unsaturated/α-hetero) is 1. The molecule has 1 saturated heterocycles. The molecule has 168 valence electrons. The lowest BCUT2D eigenvalue weighted by molar-refractivity contribution is -0.135. The summed E-state index contributed by atoms with van der Waals surface area (Å²) in [4.78, 5) is 38.7. The number of rotatable bonds is 4. The molecule has 9 heteroatoms. The number of urea groups is 1. The number of alkyl halides is 2. The van der Waals surface area contributed by atoms with Crippen LogP contribution in [0.2, 0.25) is 0 Å². The predicted molar refractivity (Wildman–Crippen MR) is 107 cm³/mol. The Morgan fingerprint density at radius 2 is 1.62 bits per heavy atom. The van der Waals surface area contributed by atoms with E-state index in [4.69, 9.17) is 0 Å². The van der Waals surface area contributed by atoms with Crippen molar-refractivity contribution in [2.75, 3.05) is 6.54 Å². The smallest absolute Gasteiger partial charge is 0.323 e. The van der Waals surface area contributed by atoms with Crippen LogP contribution in [-0.2, 0) is 4.79 Å². The van der Waals surface area contributed by atoms with Gasteiger partial charge in [-0.05, 0) is 54.7 Å². The number of hydrogen-bond acceptors (Lipinski definition) is 3. The van der Waals surface area contributed by atoms with Gasteiger partial charge in [0.1, 0.15) is 17.2 Å². The van der Waals surface area contributed by atoms with Crippen LogP contribution < -0.4 is 5.32 Å². The topological polar surface area (TPSA) is 66.5 Å². The number of carbonyl (C=O) groups excluding carboxylic acids is 3. The van der Waals surface area contributed by atoms with Crippen molar-refractivity contribution in [2.45, 2.75) is 44.1 Å². The highest BCUT2D eigenvalue weighted by atomic mass is 19.3. The Balaban J connectivity index is 1.51. The molecule has 0 bridgehead atoms. The summed E-state index contributed by atoms with van der Waals surface area (Å²) in [6, 6.07) is 6.82.